The molecule has 3 nitrogen and oxygen atoms in total. The fourth-order valence-electron chi connectivity index (χ4n) is 1.88. The van der Waals surface area contributed by atoms with Gasteiger partial charge in [-0.05, 0) is 19.4 Å². The summed E-state index contributed by atoms with van der Waals surface area (Å²) in [6.45, 7) is 6.14. The predicted octanol–water partition coefficient (Wildman–Crippen LogP) is 2.69. The summed E-state index contributed by atoms with van der Waals surface area (Å²) in [5.74, 6) is 0.889. The molecule has 2 radical (unpaired) electrons. The van der Waals surface area contributed by atoms with Gasteiger partial charge in [0, 0.05) is 19.3 Å². The summed E-state index contributed by atoms with van der Waals surface area (Å²) >= 11 is 0. The minimum absolute atomic E-state index is 0.699. The Bertz CT molecular complexity index is 342. The minimum Gasteiger partial charge on any atom is -0.382 e. The van der Waals surface area contributed by atoms with E-state index in [1.165, 1.54) is 32.1 Å². The molecule has 1 aromatic rings. The van der Waals surface area contributed by atoms with Crippen LogP contribution in [-0.4, -0.2) is 25.9 Å². The fraction of sp³-hybridized carbons (Fsp3) is 0.643. The largest absolute Gasteiger partial charge is 0.382 e. The molecule has 98 valence electrons. The summed E-state index contributed by atoms with van der Waals surface area (Å²) in [7, 11) is 5.76. The molecule has 0 saturated carbocycles. The number of hydrogen-bond donors (Lipinski definition) is 2. The van der Waals surface area contributed by atoms with Crippen LogP contribution in [0, 0.1) is 0 Å². The monoisotopic (exact) mass is 245 g/mol. The minimum atomic E-state index is 0.699. The molecule has 0 aliphatic rings. The van der Waals surface area contributed by atoms with E-state index in [-0.39, 0.29) is 0 Å². The molecule has 0 spiro atoms. The van der Waals surface area contributed by atoms with E-state index in [0.29, 0.717) is 5.46 Å². The van der Waals surface area contributed by atoms with Gasteiger partial charge < -0.3 is 10.6 Å². The highest BCUT2D eigenvalue weighted by molar-refractivity contribution is 6.32. The van der Waals surface area contributed by atoms with Crippen LogP contribution in [0.2, 0.25) is 0 Å². The lowest BCUT2D eigenvalue weighted by molar-refractivity contribution is 0.645. The maximum Gasteiger partial charge on any atom is 0.149 e. The van der Waals surface area contributed by atoms with E-state index in [4.69, 9.17) is 7.85 Å². The van der Waals surface area contributed by atoms with Crippen molar-refractivity contribution in [2.45, 2.75) is 46.0 Å². The van der Waals surface area contributed by atoms with Crippen LogP contribution in [-0.2, 0) is 0 Å². The molecule has 0 aliphatic heterocycles. The lowest BCUT2D eigenvalue weighted by Crippen LogP contribution is -2.12. The van der Waals surface area contributed by atoms with Crippen LogP contribution in [0.1, 0.15) is 46.0 Å². The molecule has 0 saturated heterocycles. The molecular weight excluding hydrogens is 221 g/mol. The zero-order valence-corrected chi connectivity index (χ0v) is 11.6. The molecule has 0 amide bonds. The Morgan fingerprint density at radius 1 is 1.11 bits per heavy atom. The quantitative estimate of drug-likeness (QED) is 0.518. The molecule has 0 atom stereocenters. The Labute approximate surface area is 112 Å². The van der Waals surface area contributed by atoms with Gasteiger partial charge in [-0.15, -0.1) is 0 Å². The van der Waals surface area contributed by atoms with Crippen LogP contribution in [0.5, 0.6) is 0 Å². The highest BCUT2D eigenvalue weighted by atomic mass is 15.0. The molecule has 4 heteroatoms. The third kappa shape index (κ3) is 5.43. The lowest BCUT2D eigenvalue weighted by atomic mass is 9.98. The summed E-state index contributed by atoms with van der Waals surface area (Å²) in [5.41, 5.74) is 1.71. The summed E-state index contributed by atoms with van der Waals surface area (Å²) in [6.07, 6.45) is 8.12. The highest BCUT2D eigenvalue weighted by Gasteiger charge is 2.02. The standard InChI is InChI=1S/C14H24BN3/c1-3-5-6-7-8-9-17-13-10-12(15)11-18-14(13)16-4-2/h10-11,17H,3-9H2,1-2H3,(H,16,18). The van der Waals surface area contributed by atoms with E-state index in [9.17, 15) is 0 Å². The van der Waals surface area contributed by atoms with Gasteiger partial charge in [-0.2, -0.15) is 0 Å². The lowest BCUT2D eigenvalue weighted by Gasteiger charge is -2.12. The zero-order valence-electron chi connectivity index (χ0n) is 11.6. The molecule has 2 N–H and O–H groups in total. The van der Waals surface area contributed by atoms with E-state index >= 15 is 0 Å². The predicted molar refractivity (Wildman–Crippen MR) is 81.0 cm³/mol. The van der Waals surface area contributed by atoms with Gasteiger partial charge in [0.15, 0.2) is 0 Å². The van der Waals surface area contributed by atoms with Gasteiger partial charge >= 0.3 is 0 Å². The third-order valence-electron chi connectivity index (χ3n) is 2.85. The van der Waals surface area contributed by atoms with Gasteiger partial charge in [-0.3, -0.25) is 0 Å². The van der Waals surface area contributed by atoms with Crippen LogP contribution in [0.4, 0.5) is 11.5 Å². The number of anilines is 2. The Hall–Kier alpha value is -1.19. The molecular formula is C14H24BN3. The third-order valence-corrected chi connectivity index (χ3v) is 2.85. The maximum absolute atomic E-state index is 5.76. The van der Waals surface area contributed by atoms with Crippen LogP contribution >= 0.6 is 0 Å². The number of unbranched alkanes of at least 4 members (excludes halogenated alkanes) is 4. The molecule has 0 aliphatic carbocycles. The molecule has 1 aromatic heterocycles. The Morgan fingerprint density at radius 3 is 2.61 bits per heavy atom. The second-order valence-electron chi connectivity index (χ2n) is 4.54. The Balaban J connectivity index is 2.37. The number of nitrogens with one attached hydrogen (secondary N) is 2. The summed E-state index contributed by atoms with van der Waals surface area (Å²) in [5, 5.41) is 6.65. The number of pyridine rings is 1. The average Bonchev–Trinajstić information content (AvgIpc) is 2.37. The SMILES string of the molecule is [B]c1cnc(NCC)c(NCCCCCCC)c1. The maximum atomic E-state index is 5.76. The molecule has 0 aromatic carbocycles. The first kappa shape index (κ1) is 14.9. The van der Waals surface area contributed by atoms with Crippen molar-refractivity contribution in [2.75, 3.05) is 23.7 Å². The van der Waals surface area contributed by atoms with Gasteiger partial charge in [-0.1, -0.05) is 38.1 Å². The Morgan fingerprint density at radius 2 is 1.89 bits per heavy atom. The van der Waals surface area contributed by atoms with Crippen LogP contribution < -0.4 is 16.1 Å². The average molecular weight is 245 g/mol. The number of rotatable bonds is 9. The first-order chi connectivity index (χ1) is 8.77. The van der Waals surface area contributed by atoms with Gasteiger partial charge in [0.1, 0.15) is 13.7 Å². The molecule has 0 unspecified atom stereocenters. The first-order valence-corrected chi connectivity index (χ1v) is 7.01. The molecule has 1 rings (SSSR count). The summed E-state index contributed by atoms with van der Waals surface area (Å²) in [6, 6.07) is 1.94. The van der Waals surface area contributed by atoms with Crippen molar-refractivity contribution >= 4 is 24.8 Å². The fourth-order valence-corrected chi connectivity index (χ4v) is 1.88. The summed E-state index contributed by atoms with van der Waals surface area (Å²) < 4.78 is 0. The van der Waals surface area contributed by atoms with Crippen molar-refractivity contribution in [3.63, 3.8) is 0 Å². The van der Waals surface area contributed by atoms with Crippen molar-refractivity contribution in [3.05, 3.63) is 12.3 Å². The van der Waals surface area contributed by atoms with Crippen molar-refractivity contribution < 1.29 is 0 Å². The smallest absolute Gasteiger partial charge is 0.149 e. The second kappa shape index (κ2) is 8.84. The van der Waals surface area contributed by atoms with E-state index in [0.717, 1.165) is 24.6 Å². The van der Waals surface area contributed by atoms with Crippen molar-refractivity contribution in [2.24, 2.45) is 0 Å². The van der Waals surface area contributed by atoms with Crippen molar-refractivity contribution in [1.29, 1.82) is 0 Å². The molecule has 0 bridgehead atoms. The van der Waals surface area contributed by atoms with Gasteiger partial charge in [-0.25, -0.2) is 4.98 Å². The number of nitrogens with zero attached hydrogens (tertiary/aromatic N) is 1. The number of hydrogen-bond acceptors (Lipinski definition) is 3. The van der Waals surface area contributed by atoms with E-state index in [1.807, 2.05) is 6.07 Å². The van der Waals surface area contributed by atoms with E-state index < -0.39 is 0 Å². The van der Waals surface area contributed by atoms with E-state index in [2.05, 4.69) is 29.5 Å². The topological polar surface area (TPSA) is 37.0 Å². The van der Waals surface area contributed by atoms with Crippen LogP contribution in [0.3, 0.4) is 0 Å². The van der Waals surface area contributed by atoms with Gasteiger partial charge in [0.05, 0.1) is 5.69 Å². The normalized spacial score (nSPS) is 10.3. The van der Waals surface area contributed by atoms with Crippen LogP contribution in [0.25, 0.3) is 0 Å². The molecule has 18 heavy (non-hydrogen) atoms. The van der Waals surface area contributed by atoms with Gasteiger partial charge in [0.2, 0.25) is 0 Å². The van der Waals surface area contributed by atoms with Crippen molar-refractivity contribution in [1.82, 2.24) is 4.98 Å². The second-order valence-corrected chi connectivity index (χ2v) is 4.54. The van der Waals surface area contributed by atoms with Crippen LogP contribution in [0.15, 0.2) is 12.3 Å². The molecule has 1 heterocycles. The summed E-state index contributed by atoms with van der Waals surface area (Å²) in [4.78, 5) is 4.30. The first-order valence-electron chi connectivity index (χ1n) is 7.01. The van der Waals surface area contributed by atoms with Crippen molar-refractivity contribution in [3.8, 4) is 0 Å². The number of aromatic nitrogens is 1. The Kier molecular flexibility index (Phi) is 7.31. The zero-order chi connectivity index (χ0) is 13.2. The van der Waals surface area contributed by atoms with Gasteiger partial charge in [0.25, 0.3) is 0 Å². The molecule has 0 fully saturated rings. The van der Waals surface area contributed by atoms with E-state index in [1.54, 1.807) is 6.20 Å². The highest BCUT2D eigenvalue weighted by Crippen LogP contribution is 2.16.